The molecule has 4 heteroatoms. The molecule has 2 nitrogen and oxygen atoms in total. The van der Waals surface area contributed by atoms with E-state index in [0.717, 1.165) is 33.7 Å². The maximum absolute atomic E-state index is 12.4. The molecular formula is C13H16BrNOS. The number of nitrogens with zero attached hydrogens (tertiary/aromatic N) is 1. The molecule has 1 unspecified atom stereocenters. The lowest BCUT2D eigenvalue weighted by Crippen LogP contribution is -2.44. The summed E-state index contributed by atoms with van der Waals surface area (Å²) in [4.78, 5) is 14.3. The van der Waals surface area contributed by atoms with E-state index in [9.17, 15) is 4.79 Å². The number of amides is 1. The molecule has 1 fully saturated rings. The number of carbonyl (C=O) groups is 1. The van der Waals surface area contributed by atoms with Crippen LogP contribution in [0.2, 0.25) is 0 Å². The normalized spacial score (nSPS) is 20.4. The summed E-state index contributed by atoms with van der Waals surface area (Å²) in [6.45, 7) is 5.00. The van der Waals surface area contributed by atoms with E-state index >= 15 is 0 Å². The first-order valence-electron chi connectivity index (χ1n) is 5.74. The average molecular weight is 314 g/mol. The summed E-state index contributed by atoms with van der Waals surface area (Å²) in [6, 6.07) is 6.16. The van der Waals surface area contributed by atoms with E-state index in [1.807, 2.05) is 41.8 Å². The van der Waals surface area contributed by atoms with Crippen molar-refractivity contribution in [3.63, 3.8) is 0 Å². The van der Waals surface area contributed by atoms with E-state index in [4.69, 9.17) is 0 Å². The number of carbonyl (C=O) groups excluding carboxylic acids is 1. The Balaban J connectivity index is 2.21. The van der Waals surface area contributed by atoms with Crippen molar-refractivity contribution in [3.05, 3.63) is 33.8 Å². The van der Waals surface area contributed by atoms with Crippen LogP contribution >= 0.6 is 27.7 Å². The van der Waals surface area contributed by atoms with E-state index in [0.29, 0.717) is 6.04 Å². The standard InChI is InChI=1S/C13H16BrNOS/c1-9-3-4-11(7-12(9)14)13(16)15-5-6-17-8-10(15)2/h3-4,7,10H,5-6,8H2,1-2H3. The Bertz CT molecular complexity index is 435. The van der Waals surface area contributed by atoms with Gasteiger partial charge in [-0.05, 0) is 31.5 Å². The Morgan fingerprint density at radius 3 is 2.94 bits per heavy atom. The third-order valence-corrected chi connectivity index (χ3v) is 5.09. The summed E-state index contributed by atoms with van der Waals surface area (Å²) in [5, 5.41) is 0. The molecule has 1 aromatic carbocycles. The van der Waals surface area contributed by atoms with Gasteiger partial charge in [-0.15, -0.1) is 0 Å². The number of benzene rings is 1. The Kier molecular flexibility index (Phi) is 4.15. The van der Waals surface area contributed by atoms with Crippen molar-refractivity contribution in [2.75, 3.05) is 18.1 Å². The van der Waals surface area contributed by atoms with Gasteiger partial charge in [0.05, 0.1) is 0 Å². The molecule has 92 valence electrons. The number of hydrogen-bond donors (Lipinski definition) is 0. The molecule has 0 aromatic heterocycles. The lowest BCUT2D eigenvalue weighted by Gasteiger charge is -2.33. The highest BCUT2D eigenvalue weighted by Gasteiger charge is 2.24. The van der Waals surface area contributed by atoms with Gasteiger partial charge in [0, 0.05) is 34.1 Å². The predicted molar refractivity (Wildman–Crippen MR) is 76.7 cm³/mol. The summed E-state index contributed by atoms with van der Waals surface area (Å²) >= 11 is 5.40. The van der Waals surface area contributed by atoms with E-state index in [1.165, 1.54) is 0 Å². The van der Waals surface area contributed by atoms with Crippen molar-refractivity contribution < 1.29 is 4.79 Å². The Labute approximate surface area is 115 Å². The lowest BCUT2D eigenvalue weighted by atomic mass is 10.1. The molecular weight excluding hydrogens is 298 g/mol. The lowest BCUT2D eigenvalue weighted by molar-refractivity contribution is 0.0716. The van der Waals surface area contributed by atoms with E-state index in [1.54, 1.807) is 0 Å². The molecule has 0 saturated carbocycles. The van der Waals surface area contributed by atoms with Crippen molar-refractivity contribution in [1.29, 1.82) is 0 Å². The van der Waals surface area contributed by atoms with Gasteiger partial charge in [0.25, 0.3) is 5.91 Å². The second-order valence-corrected chi connectivity index (χ2v) is 6.39. The minimum Gasteiger partial charge on any atom is -0.334 e. The van der Waals surface area contributed by atoms with Gasteiger partial charge in [-0.1, -0.05) is 22.0 Å². The first kappa shape index (κ1) is 13.0. The van der Waals surface area contributed by atoms with Crippen LogP contribution in [0, 0.1) is 6.92 Å². The molecule has 1 aliphatic rings. The van der Waals surface area contributed by atoms with Gasteiger partial charge in [0.1, 0.15) is 0 Å². The van der Waals surface area contributed by atoms with Crippen LogP contribution in [0.25, 0.3) is 0 Å². The number of hydrogen-bond acceptors (Lipinski definition) is 2. The van der Waals surface area contributed by atoms with Gasteiger partial charge in [-0.2, -0.15) is 11.8 Å². The van der Waals surface area contributed by atoms with Crippen LogP contribution in [0.5, 0.6) is 0 Å². The van der Waals surface area contributed by atoms with Crippen LogP contribution < -0.4 is 0 Å². The quantitative estimate of drug-likeness (QED) is 0.792. The smallest absolute Gasteiger partial charge is 0.254 e. The fraction of sp³-hybridized carbons (Fsp3) is 0.462. The highest BCUT2D eigenvalue weighted by atomic mass is 79.9. The van der Waals surface area contributed by atoms with Gasteiger partial charge in [0.2, 0.25) is 0 Å². The summed E-state index contributed by atoms with van der Waals surface area (Å²) in [6.07, 6.45) is 0. The molecule has 2 rings (SSSR count). The number of halogens is 1. The zero-order valence-corrected chi connectivity index (χ0v) is 12.5. The van der Waals surface area contributed by atoms with Crippen molar-refractivity contribution in [1.82, 2.24) is 4.90 Å². The molecule has 0 aliphatic carbocycles. The van der Waals surface area contributed by atoms with Gasteiger partial charge in [-0.25, -0.2) is 0 Å². The fourth-order valence-corrected chi connectivity index (χ4v) is 3.31. The monoisotopic (exact) mass is 313 g/mol. The number of thioether (sulfide) groups is 1. The first-order chi connectivity index (χ1) is 8.09. The second-order valence-electron chi connectivity index (χ2n) is 4.39. The molecule has 0 radical (unpaired) electrons. The maximum atomic E-state index is 12.4. The largest absolute Gasteiger partial charge is 0.334 e. The van der Waals surface area contributed by atoms with Crippen molar-refractivity contribution in [2.24, 2.45) is 0 Å². The summed E-state index contributed by atoms with van der Waals surface area (Å²) in [7, 11) is 0. The summed E-state index contributed by atoms with van der Waals surface area (Å²) < 4.78 is 1.00. The van der Waals surface area contributed by atoms with E-state index in [-0.39, 0.29) is 5.91 Å². The van der Waals surface area contributed by atoms with E-state index in [2.05, 4.69) is 22.9 Å². The molecule has 17 heavy (non-hydrogen) atoms. The molecule has 1 aliphatic heterocycles. The molecule has 1 aromatic rings. The minimum atomic E-state index is 0.151. The molecule has 1 atom stereocenters. The van der Waals surface area contributed by atoms with Gasteiger partial charge in [-0.3, -0.25) is 4.79 Å². The zero-order valence-electron chi connectivity index (χ0n) is 10.1. The van der Waals surface area contributed by atoms with E-state index < -0.39 is 0 Å². The maximum Gasteiger partial charge on any atom is 0.254 e. The third kappa shape index (κ3) is 2.86. The van der Waals surface area contributed by atoms with Crippen LogP contribution in [-0.4, -0.2) is 34.9 Å². The number of rotatable bonds is 1. The third-order valence-electron chi connectivity index (χ3n) is 3.05. The SMILES string of the molecule is Cc1ccc(C(=O)N2CCSCC2C)cc1Br. The van der Waals surface area contributed by atoms with Crippen molar-refractivity contribution >= 4 is 33.6 Å². The van der Waals surface area contributed by atoms with Gasteiger partial charge < -0.3 is 4.90 Å². The molecule has 0 bridgehead atoms. The molecule has 1 saturated heterocycles. The topological polar surface area (TPSA) is 20.3 Å². The Morgan fingerprint density at radius 2 is 2.29 bits per heavy atom. The van der Waals surface area contributed by atoms with Crippen LogP contribution in [0.1, 0.15) is 22.8 Å². The molecule has 0 spiro atoms. The zero-order chi connectivity index (χ0) is 12.4. The van der Waals surface area contributed by atoms with Crippen LogP contribution in [0.15, 0.2) is 22.7 Å². The van der Waals surface area contributed by atoms with Crippen LogP contribution in [0.4, 0.5) is 0 Å². The predicted octanol–water partition coefficient (Wildman–Crippen LogP) is 3.34. The Morgan fingerprint density at radius 1 is 1.53 bits per heavy atom. The summed E-state index contributed by atoms with van der Waals surface area (Å²) in [5.41, 5.74) is 1.94. The van der Waals surface area contributed by atoms with Crippen molar-refractivity contribution in [3.8, 4) is 0 Å². The van der Waals surface area contributed by atoms with Crippen LogP contribution in [0.3, 0.4) is 0 Å². The van der Waals surface area contributed by atoms with Gasteiger partial charge >= 0.3 is 0 Å². The molecule has 0 N–H and O–H groups in total. The van der Waals surface area contributed by atoms with Crippen LogP contribution in [-0.2, 0) is 0 Å². The fourth-order valence-electron chi connectivity index (χ4n) is 1.92. The van der Waals surface area contributed by atoms with Gasteiger partial charge in [0.15, 0.2) is 0 Å². The minimum absolute atomic E-state index is 0.151. The Hall–Kier alpha value is -0.480. The highest BCUT2D eigenvalue weighted by molar-refractivity contribution is 9.10. The molecule has 1 amide bonds. The number of aryl methyl sites for hydroxylation is 1. The molecule has 1 heterocycles. The second kappa shape index (κ2) is 5.44. The average Bonchev–Trinajstić information content (AvgIpc) is 2.32. The van der Waals surface area contributed by atoms with Crippen molar-refractivity contribution in [2.45, 2.75) is 19.9 Å². The first-order valence-corrected chi connectivity index (χ1v) is 7.69. The highest BCUT2D eigenvalue weighted by Crippen LogP contribution is 2.22. The summed E-state index contributed by atoms with van der Waals surface area (Å²) in [5.74, 6) is 2.24.